The molecular formula is C54H33N3OS. The van der Waals surface area contributed by atoms with E-state index >= 15 is 0 Å². The molecule has 0 saturated heterocycles. The number of furan rings is 1. The van der Waals surface area contributed by atoms with Crippen molar-refractivity contribution in [2.75, 3.05) is 0 Å². The number of aromatic nitrogens is 3. The highest BCUT2D eigenvalue weighted by molar-refractivity contribution is 7.25. The largest absolute Gasteiger partial charge is 0.456 e. The predicted molar refractivity (Wildman–Crippen MR) is 250 cm³/mol. The summed E-state index contributed by atoms with van der Waals surface area (Å²) in [5.41, 5.74) is 11.8. The lowest BCUT2D eigenvalue weighted by molar-refractivity contribution is 0.668. The fourth-order valence-electron chi connectivity index (χ4n) is 9.45. The molecule has 0 amide bonds. The van der Waals surface area contributed by atoms with Crippen molar-refractivity contribution in [2.24, 2.45) is 0 Å². The Bertz CT molecular complexity index is 3910. The predicted octanol–water partition coefficient (Wildman–Crippen LogP) is 15.2. The van der Waals surface area contributed by atoms with Gasteiger partial charge in [-0.15, -0.1) is 11.3 Å². The lowest BCUT2D eigenvalue weighted by atomic mass is 10.1. The highest BCUT2D eigenvalue weighted by atomic mass is 32.1. The molecule has 0 radical (unpaired) electrons. The van der Waals surface area contributed by atoms with E-state index in [-0.39, 0.29) is 0 Å². The molecule has 276 valence electrons. The van der Waals surface area contributed by atoms with E-state index in [1.165, 1.54) is 42.0 Å². The van der Waals surface area contributed by atoms with Crippen molar-refractivity contribution in [1.82, 2.24) is 13.7 Å². The molecule has 0 unspecified atom stereocenters. The van der Waals surface area contributed by atoms with Crippen LogP contribution in [0.3, 0.4) is 0 Å². The molecule has 0 fully saturated rings. The van der Waals surface area contributed by atoms with Crippen molar-refractivity contribution < 1.29 is 4.42 Å². The minimum absolute atomic E-state index is 0.876. The van der Waals surface area contributed by atoms with Crippen LogP contribution in [-0.4, -0.2) is 13.7 Å². The first-order valence-corrected chi connectivity index (χ1v) is 20.8. The van der Waals surface area contributed by atoms with E-state index in [0.29, 0.717) is 0 Å². The monoisotopic (exact) mass is 771 g/mol. The van der Waals surface area contributed by atoms with Gasteiger partial charge >= 0.3 is 0 Å². The second kappa shape index (κ2) is 12.4. The summed E-state index contributed by atoms with van der Waals surface area (Å²) in [5, 5.41) is 9.45. The Morgan fingerprint density at radius 1 is 0.339 bits per heavy atom. The Morgan fingerprint density at radius 2 is 0.949 bits per heavy atom. The number of nitrogens with zero attached hydrogens (tertiary/aromatic N) is 3. The van der Waals surface area contributed by atoms with E-state index in [1.54, 1.807) is 0 Å². The Balaban J connectivity index is 1.17. The Hall–Kier alpha value is -7.60. The van der Waals surface area contributed by atoms with Gasteiger partial charge in [-0.3, -0.25) is 0 Å². The Kier molecular flexibility index (Phi) is 6.85. The van der Waals surface area contributed by atoms with Crippen molar-refractivity contribution in [1.29, 1.82) is 0 Å². The van der Waals surface area contributed by atoms with Crippen LogP contribution in [0.5, 0.6) is 0 Å². The maximum atomic E-state index is 6.43. The van der Waals surface area contributed by atoms with Crippen LogP contribution >= 0.6 is 11.3 Å². The van der Waals surface area contributed by atoms with E-state index in [1.807, 2.05) is 23.5 Å². The maximum Gasteiger partial charge on any atom is 0.137 e. The summed E-state index contributed by atoms with van der Waals surface area (Å²) < 4.78 is 16.2. The van der Waals surface area contributed by atoms with Crippen LogP contribution in [-0.2, 0) is 0 Å². The molecule has 0 aliphatic heterocycles. The van der Waals surface area contributed by atoms with Crippen LogP contribution in [0.15, 0.2) is 205 Å². The molecule has 0 saturated carbocycles. The molecule has 8 bridgehead atoms. The number of hydrogen-bond donors (Lipinski definition) is 0. The zero-order valence-corrected chi connectivity index (χ0v) is 32.5. The van der Waals surface area contributed by atoms with E-state index < -0.39 is 0 Å². The summed E-state index contributed by atoms with van der Waals surface area (Å²) in [6.45, 7) is 0. The van der Waals surface area contributed by atoms with Gasteiger partial charge in [-0.05, 0) is 120 Å². The molecule has 0 aliphatic carbocycles. The molecule has 9 aromatic carbocycles. The molecule has 0 aliphatic rings. The summed E-state index contributed by atoms with van der Waals surface area (Å²) in [4.78, 5) is 0. The number of hydrogen-bond acceptors (Lipinski definition) is 2. The fraction of sp³-hybridized carbons (Fsp3) is 0. The first-order chi connectivity index (χ1) is 29.2. The highest BCUT2D eigenvalue weighted by Crippen LogP contribution is 2.40. The number of benzene rings is 9. The zero-order chi connectivity index (χ0) is 38.6. The van der Waals surface area contributed by atoms with Gasteiger partial charge in [0.2, 0.25) is 0 Å². The van der Waals surface area contributed by atoms with Crippen molar-refractivity contribution >= 4 is 108 Å². The zero-order valence-electron chi connectivity index (χ0n) is 31.7. The summed E-state index contributed by atoms with van der Waals surface area (Å²) >= 11 is 1.85. The van der Waals surface area contributed by atoms with Crippen molar-refractivity contribution in [3.05, 3.63) is 200 Å². The van der Waals surface area contributed by atoms with Crippen LogP contribution in [0.1, 0.15) is 0 Å². The van der Waals surface area contributed by atoms with Crippen LogP contribution in [0, 0.1) is 0 Å². The van der Waals surface area contributed by atoms with Gasteiger partial charge < -0.3 is 18.1 Å². The van der Waals surface area contributed by atoms with Gasteiger partial charge in [0.15, 0.2) is 0 Å². The van der Waals surface area contributed by atoms with Gasteiger partial charge in [-0.2, -0.15) is 0 Å². The lowest BCUT2D eigenvalue weighted by Gasteiger charge is -2.15. The maximum absolute atomic E-state index is 6.43. The molecule has 0 N–H and O–H groups in total. The van der Waals surface area contributed by atoms with Gasteiger partial charge in [-0.25, -0.2) is 0 Å². The van der Waals surface area contributed by atoms with Crippen LogP contribution < -0.4 is 0 Å². The topological polar surface area (TPSA) is 27.9 Å². The summed E-state index contributed by atoms with van der Waals surface area (Å²) in [6.07, 6.45) is 0. The third-order valence-electron chi connectivity index (χ3n) is 12.0. The fourth-order valence-corrected chi connectivity index (χ4v) is 10.5. The van der Waals surface area contributed by atoms with Crippen molar-refractivity contribution in [3.8, 4) is 17.1 Å². The molecule has 0 spiro atoms. The van der Waals surface area contributed by atoms with Crippen LogP contribution in [0.4, 0.5) is 0 Å². The minimum Gasteiger partial charge on any atom is -0.456 e. The van der Waals surface area contributed by atoms with Crippen molar-refractivity contribution in [2.45, 2.75) is 0 Å². The Labute approximate surface area is 341 Å². The SMILES string of the molecule is c1ccc(-n2c3ccccc3c3c(-n4c5cccc(c5)c5cccc(c5)n(-c5ccc6c(c5)oc5ccccc56)c5ccc6sc7ccc4cc7c6c5)cccc32)cc1. The molecule has 59 heavy (non-hydrogen) atoms. The van der Waals surface area contributed by atoms with Gasteiger partial charge in [0.05, 0.1) is 16.7 Å². The average molecular weight is 772 g/mol. The highest BCUT2D eigenvalue weighted by Gasteiger charge is 2.18. The summed E-state index contributed by atoms with van der Waals surface area (Å²) in [5.74, 6) is 0. The van der Waals surface area contributed by atoms with Crippen LogP contribution in [0.2, 0.25) is 0 Å². The van der Waals surface area contributed by atoms with Crippen molar-refractivity contribution in [3.63, 3.8) is 0 Å². The molecule has 4 aromatic heterocycles. The molecule has 5 heteroatoms. The summed E-state index contributed by atoms with van der Waals surface area (Å²) in [6, 6.07) is 73.0. The molecule has 13 aromatic rings. The quantitative estimate of drug-likeness (QED) is 0.176. The molecule has 4 nitrogen and oxygen atoms in total. The third kappa shape index (κ3) is 4.89. The van der Waals surface area contributed by atoms with Gasteiger partial charge in [-0.1, -0.05) is 84.9 Å². The van der Waals surface area contributed by atoms with E-state index in [0.717, 1.165) is 71.8 Å². The number of thiophene rings is 1. The van der Waals surface area contributed by atoms with E-state index in [4.69, 9.17) is 4.42 Å². The summed E-state index contributed by atoms with van der Waals surface area (Å²) in [7, 11) is 0. The van der Waals surface area contributed by atoms with Gasteiger partial charge in [0.25, 0.3) is 0 Å². The molecule has 0 atom stereocenters. The number of fused-ring (bicyclic) bond motifs is 13. The standard InChI is InChI=1S/C54H33N3OS/c1-2-13-36(14-3-1)57-47-19-6-4-18-44(47)54-48(20-10-21-49(54)57)56-38-16-9-12-35(30-38)34-11-8-15-37(29-34)55(41-23-26-43-42-17-5-7-22-50(42)58-51(43)33-41)39-24-27-52-45(31-39)46-32-40(56)25-28-53(46)59-52/h1-33H. The average Bonchev–Trinajstić information content (AvgIpc) is 3.96. The second-order valence-electron chi connectivity index (χ2n) is 15.4. The molecule has 13 rings (SSSR count). The van der Waals surface area contributed by atoms with E-state index in [9.17, 15) is 0 Å². The number of para-hydroxylation sites is 3. The van der Waals surface area contributed by atoms with Crippen LogP contribution in [0.25, 0.3) is 114 Å². The first kappa shape index (κ1) is 32.5. The van der Waals surface area contributed by atoms with Gasteiger partial charge in [0.1, 0.15) is 11.2 Å². The molecular weight excluding hydrogens is 739 g/mol. The third-order valence-corrected chi connectivity index (χ3v) is 13.2. The normalized spacial score (nSPS) is 12.1. The smallest absolute Gasteiger partial charge is 0.137 e. The van der Waals surface area contributed by atoms with Gasteiger partial charge in [0, 0.05) is 81.2 Å². The number of rotatable bonds is 3. The van der Waals surface area contributed by atoms with E-state index in [2.05, 4.69) is 202 Å². The lowest BCUT2D eigenvalue weighted by Crippen LogP contribution is -1.99. The first-order valence-electron chi connectivity index (χ1n) is 20.0. The minimum atomic E-state index is 0.876. The Morgan fingerprint density at radius 3 is 1.73 bits per heavy atom. The molecule has 4 heterocycles. The second-order valence-corrected chi connectivity index (χ2v) is 16.5.